The van der Waals surface area contributed by atoms with Crippen LogP contribution in [0.2, 0.25) is 0 Å². The molecule has 3 heterocycles. The van der Waals surface area contributed by atoms with Gasteiger partial charge in [0, 0.05) is 19.3 Å². The van der Waals surface area contributed by atoms with Crippen LogP contribution in [0.15, 0.2) is 18.3 Å². The zero-order valence-electron chi connectivity index (χ0n) is 13.5. The van der Waals surface area contributed by atoms with E-state index in [1.807, 2.05) is 4.68 Å². The fraction of sp³-hybridized carbons (Fsp3) is 0.562. The largest absolute Gasteiger partial charge is 0.369 e. The third-order valence-electron chi connectivity index (χ3n) is 4.68. The van der Waals surface area contributed by atoms with Crippen LogP contribution in [0.1, 0.15) is 36.7 Å². The van der Waals surface area contributed by atoms with Crippen molar-refractivity contribution in [3.63, 3.8) is 0 Å². The third-order valence-corrected chi connectivity index (χ3v) is 4.68. The number of rotatable bonds is 6. The SMILES string of the molecule is N#Cc1cccnc1NCC1CCN(Cc2nnnn2C2CC2)C1. The Kier molecular flexibility index (Phi) is 4.09. The van der Waals surface area contributed by atoms with Gasteiger partial charge in [0.05, 0.1) is 18.2 Å². The van der Waals surface area contributed by atoms with Crippen LogP contribution in [0.5, 0.6) is 0 Å². The number of pyridine rings is 1. The molecule has 0 amide bonds. The zero-order chi connectivity index (χ0) is 16.4. The van der Waals surface area contributed by atoms with Crippen molar-refractivity contribution in [2.75, 3.05) is 25.0 Å². The van der Waals surface area contributed by atoms with Gasteiger partial charge in [-0.05, 0) is 54.3 Å². The molecule has 8 nitrogen and oxygen atoms in total. The van der Waals surface area contributed by atoms with E-state index in [9.17, 15) is 0 Å². The summed E-state index contributed by atoms with van der Waals surface area (Å²) in [6, 6.07) is 6.26. The number of anilines is 1. The van der Waals surface area contributed by atoms with E-state index >= 15 is 0 Å². The molecule has 2 fully saturated rings. The Hall–Kier alpha value is -2.53. The predicted octanol–water partition coefficient (Wildman–Crippen LogP) is 1.21. The maximum absolute atomic E-state index is 9.11. The van der Waals surface area contributed by atoms with Gasteiger partial charge in [-0.1, -0.05) is 0 Å². The third kappa shape index (κ3) is 3.21. The van der Waals surface area contributed by atoms with E-state index in [4.69, 9.17) is 5.26 Å². The highest BCUT2D eigenvalue weighted by molar-refractivity contribution is 5.51. The average molecular weight is 324 g/mol. The summed E-state index contributed by atoms with van der Waals surface area (Å²) in [4.78, 5) is 6.65. The number of tetrazole rings is 1. The van der Waals surface area contributed by atoms with Crippen LogP contribution < -0.4 is 5.32 Å². The Balaban J connectivity index is 1.30. The van der Waals surface area contributed by atoms with Crippen molar-refractivity contribution >= 4 is 5.82 Å². The molecule has 1 saturated heterocycles. The lowest BCUT2D eigenvalue weighted by molar-refractivity contribution is 0.302. The second kappa shape index (κ2) is 6.53. The second-order valence-corrected chi connectivity index (χ2v) is 6.55. The van der Waals surface area contributed by atoms with Crippen molar-refractivity contribution in [2.24, 2.45) is 5.92 Å². The predicted molar refractivity (Wildman–Crippen MR) is 86.9 cm³/mol. The summed E-state index contributed by atoms with van der Waals surface area (Å²) in [5, 5.41) is 24.5. The monoisotopic (exact) mass is 324 g/mol. The van der Waals surface area contributed by atoms with Gasteiger partial charge < -0.3 is 5.32 Å². The van der Waals surface area contributed by atoms with Crippen molar-refractivity contribution in [1.29, 1.82) is 5.26 Å². The molecule has 124 valence electrons. The van der Waals surface area contributed by atoms with Gasteiger partial charge in [0.15, 0.2) is 5.82 Å². The highest BCUT2D eigenvalue weighted by Gasteiger charge is 2.30. The normalized spacial score (nSPS) is 20.9. The van der Waals surface area contributed by atoms with E-state index in [2.05, 4.69) is 36.8 Å². The topological polar surface area (TPSA) is 95.6 Å². The van der Waals surface area contributed by atoms with Crippen LogP contribution in [-0.2, 0) is 6.54 Å². The Morgan fingerprint density at radius 1 is 1.33 bits per heavy atom. The van der Waals surface area contributed by atoms with Gasteiger partial charge >= 0.3 is 0 Å². The van der Waals surface area contributed by atoms with Crippen molar-refractivity contribution in [3.05, 3.63) is 29.7 Å². The molecule has 4 rings (SSSR count). The van der Waals surface area contributed by atoms with Gasteiger partial charge in [0.25, 0.3) is 0 Å². The molecule has 1 saturated carbocycles. The minimum Gasteiger partial charge on any atom is -0.369 e. The molecule has 2 aliphatic rings. The van der Waals surface area contributed by atoms with E-state index in [0.29, 0.717) is 23.3 Å². The van der Waals surface area contributed by atoms with Crippen LogP contribution in [-0.4, -0.2) is 49.7 Å². The molecule has 1 unspecified atom stereocenters. The molecule has 0 bridgehead atoms. The molecule has 0 radical (unpaired) electrons. The Bertz CT molecular complexity index is 745. The molecule has 0 spiro atoms. The van der Waals surface area contributed by atoms with Crippen molar-refractivity contribution < 1.29 is 0 Å². The molecule has 0 aromatic carbocycles. The number of nitriles is 1. The molecule has 1 atom stereocenters. The quantitative estimate of drug-likeness (QED) is 0.853. The molecule has 1 aliphatic heterocycles. The molecule has 1 N–H and O–H groups in total. The standard InChI is InChI=1S/C16H20N8/c17-8-13-2-1-6-18-16(13)19-9-12-5-7-23(10-12)11-15-20-21-22-24(15)14-3-4-14/h1-2,6,12,14H,3-5,7,9-11H2,(H,18,19). The minimum absolute atomic E-state index is 0.517. The number of hydrogen-bond donors (Lipinski definition) is 1. The first-order chi connectivity index (χ1) is 11.8. The lowest BCUT2D eigenvalue weighted by atomic mass is 10.1. The summed E-state index contributed by atoms with van der Waals surface area (Å²) >= 11 is 0. The van der Waals surface area contributed by atoms with E-state index < -0.39 is 0 Å². The summed E-state index contributed by atoms with van der Waals surface area (Å²) in [6.07, 6.45) is 5.22. The van der Waals surface area contributed by atoms with E-state index in [-0.39, 0.29) is 0 Å². The number of aromatic nitrogens is 5. The van der Waals surface area contributed by atoms with Crippen molar-refractivity contribution in [1.82, 2.24) is 30.1 Å². The smallest absolute Gasteiger partial charge is 0.165 e. The first-order valence-corrected chi connectivity index (χ1v) is 8.41. The molecule has 2 aromatic rings. The Labute approximate surface area is 140 Å². The Morgan fingerprint density at radius 3 is 3.08 bits per heavy atom. The van der Waals surface area contributed by atoms with Crippen LogP contribution >= 0.6 is 0 Å². The van der Waals surface area contributed by atoms with Crippen LogP contribution in [0.4, 0.5) is 5.82 Å². The summed E-state index contributed by atoms with van der Waals surface area (Å²) in [5.74, 6) is 2.20. The molecular formula is C16H20N8. The van der Waals surface area contributed by atoms with Crippen LogP contribution in [0, 0.1) is 17.2 Å². The fourth-order valence-corrected chi connectivity index (χ4v) is 3.22. The van der Waals surface area contributed by atoms with Gasteiger partial charge in [-0.25, -0.2) is 9.67 Å². The minimum atomic E-state index is 0.517. The highest BCUT2D eigenvalue weighted by atomic mass is 15.6. The number of hydrogen-bond acceptors (Lipinski definition) is 7. The van der Waals surface area contributed by atoms with E-state index in [1.165, 1.54) is 12.8 Å². The molecule has 8 heteroatoms. The summed E-state index contributed by atoms with van der Waals surface area (Å²) in [7, 11) is 0. The lowest BCUT2D eigenvalue weighted by Crippen LogP contribution is -2.24. The lowest BCUT2D eigenvalue weighted by Gasteiger charge is -2.16. The van der Waals surface area contributed by atoms with Crippen molar-refractivity contribution in [2.45, 2.75) is 31.8 Å². The molecular weight excluding hydrogens is 304 g/mol. The van der Waals surface area contributed by atoms with Gasteiger partial charge in [-0.2, -0.15) is 5.26 Å². The molecule has 24 heavy (non-hydrogen) atoms. The average Bonchev–Trinajstić information content (AvgIpc) is 3.19. The Morgan fingerprint density at radius 2 is 2.25 bits per heavy atom. The fourth-order valence-electron chi connectivity index (χ4n) is 3.22. The van der Waals surface area contributed by atoms with Crippen LogP contribution in [0.25, 0.3) is 0 Å². The number of nitrogens with one attached hydrogen (secondary N) is 1. The van der Waals surface area contributed by atoms with Gasteiger partial charge in [0.2, 0.25) is 0 Å². The van der Waals surface area contributed by atoms with Gasteiger partial charge in [-0.3, -0.25) is 4.90 Å². The summed E-state index contributed by atoms with van der Waals surface area (Å²) < 4.78 is 1.98. The highest BCUT2D eigenvalue weighted by Crippen LogP contribution is 2.34. The van der Waals surface area contributed by atoms with Gasteiger partial charge in [-0.15, -0.1) is 5.10 Å². The summed E-state index contributed by atoms with van der Waals surface area (Å²) in [6.45, 7) is 3.71. The maximum Gasteiger partial charge on any atom is 0.165 e. The van der Waals surface area contributed by atoms with Crippen LogP contribution in [0.3, 0.4) is 0 Å². The molecule has 1 aliphatic carbocycles. The van der Waals surface area contributed by atoms with Gasteiger partial charge in [0.1, 0.15) is 11.9 Å². The number of nitrogens with zero attached hydrogens (tertiary/aromatic N) is 7. The maximum atomic E-state index is 9.11. The second-order valence-electron chi connectivity index (χ2n) is 6.55. The number of likely N-dealkylation sites (tertiary alicyclic amines) is 1. The van der Waals surface area contributed by atoms with E-state index in [0.717, 1.165) is 38.4 Å². The first kappa shape index (κ1) is 15.0. The first-order valence-electron chi connectivity index (χ1n) is 8.41. The molecule has 2 aromatic heterocycles. The summed E-state index contributed by atoms with van der Waals surface area (Å²) in [5.41, 5.74) is 0.593. The zero-order valence-corrected chi connectivity index (χ0v) is 13.5. The van der Waals surface area contributed by atoms with Crippen molar-refractivity contribution in [3.8, 4) is 6.07 Å². The van der Waals surface area contributed by atoms with E-state index in [1.54, 1.807) is 18.3 Å².